The van der Waals surface area contributed by atoms with Crippen LogP contribution in [0.3, 0.4) is 0 Å². The number of thiophene rings is 1. The van der Waals surface area contributed by atoms with Crippen LogP contribution < -0.4 is 10.9 Å². The Kier molecular flexibility index (Phi) is 6.44. The summed E-state index contributed by atoms with van der Waals surface area (Å²) in [6.07, 6.45) is 0. The van der Waals surface area contributed by atoms with E-state index in [4.69, 9.17) is 0 Å². The third-order valence-electron chi connectivity index (χ3n) is 5.04. The minimum atomic E-state index is -0.552. The molecule has 9 heteroatoms. The van der Waals surface area contributed by atoms with Gasteiger partial charge in [-0.1, -0.05) is 36.0 Å². The Hall–Kier alpha value is -3.30. The Labute approximate surface area is 197 Å². The molecule has 0 bridgehead atoms. The number of hydrogen-bond acceptors (Lipinski definition) is 6. The molecule has 0 saturated heterocycles. The van der Waals surface area contributed by atoms with Gasteiger partial charge in [0.25, 0.3) is 5.56 Å². The molecule has 0 aliphatic heterocycles. The smallest absolute Gasteiger partial charge is 0.260 e. The summed E-state index contributed by atoms with van der Waals surface area (Å²) in [7, 11) is 0. The van der Waals surface area contributed by atoms with E-state index in [9.17, 15) is 18.8 Å². The lowest BCUT2D eigenvalue weighted by Crippen LogP contribution is -2.23. The summed E-state index contributed by atoms with van der Waals surface area (Å²) in [5, 5.41) is 3.02. The molecule has 0 saturated carbocycles. The molecule has 0 aliphatic rings. The molecule has 6 nitrogen and oxygen atoms in total. The zero-order chi connectivity index (χ0) is 23.7. The number of carbonyl (C=O) groups excluding carboxylic acids is 2. The lowest BCUT2D eigenvalue weighted by molar-refractivity contribution is -0.115. The number of thioether (sulfide) groups is 1. The molecule has 0 spiro atoms. The van der Waals surface area contributed by atoms with Gasteiger partial charge in [-0.2, -0.15) is 0 Å². The van der Waals surface area contributed by atoms with Crippen molar-refractivity contribution in [2.24, 2.45) is 0 Å². The summed E-state index contributed by atoms with van der Waals surface area (Å²) in [4.78, 5) is 45.9. The van der Waals surface area contributed by atoms with E-state index in [-0.39, 0.29) is 23.1 Å². The maximum atomic E-state index is 13.3. The molecule has 4 rings (SSSR count). The van der Waals surface area contributed by atoms with E-state index in [1.54, 1.807) is 43.3 Å². The molecule has 2 aromatic heterocycles. The monoisotopic (exact) mass is 481 g/mol. The van der Waals surface area contributed by atoms with Crippen molar-refractivity contribution in [3.8, 4) is 11.1 Å². The van der Waals surface area contributed by atoms with Gasteiger partial charge >= 0.3 is 0 Å². The topological polar surface area (TPSA) is 91.9 Å². The van der Waals surface area contributed by atoms with Crippen LogP contribution in [0.5, 0.6) is 0 Å². The van der Waals surface area contributed by atoms with Crippen LogP contribution >= 0.6 is 23.1 Å². The van der Waals surface area contributed by atoms with E-state index in [0.29, 0.717) is 26.6 Å². The van der Waals surface area contributed by atoms with Crippen LogP contribution in [0.25, 0.3) is 21.3 Å². The Morgan fingerprint density at radius 2 is 1.91 bits per heavy atom. The number of ketones is 1. The molecule has 1 amide bonds. The van der Waals surface area contributed by atoms with E-state index in [1.165, 1.54) is 30.4 Å². The Morgan fingerprint density at radius 3 is 2.61 bits per heavy atom. The fraction of sp³-hybridized carbons (Fsp3) is 0.167. The number of hydrogen-bond donors (Lipinski definition) is 2. The number of fused-ring (bicyclic) bond motifs is 1. The van der Waals surface area contributed by atoms with Crippen molar-refractivity contribution in [2.75, 3.05) is 5.32 Å². The van der Waals surface area contributed by atoms with E-state index >= 15 is 0 Å². The average Bonchev–Trinajstić information content (AvgIpc) is 3.10. The van der Waals surface area contributed by atoms with Crippen molar-refractivity contribution in [1.29, 1.82) is 0 Å². The van der Waals surface area contributed by atoms with Gasteiger partial charge in [0.15, 0.2) is 10.9 Å². The predicted molar refractivity (Wildman–Crippen MR) is 131 cm³/mol. The van der Waals surface area contributed by atoms with E-state index in [1.807, 2.05) is 6.92 Å². The number of carbonyl (C=O) groups is 2. The predicted octanol–water partition coefficient (Wildman–Crippen LogP) is 5.42. The first kappa shape index (κ1) is 22.9. The van der Waals surface area contributed by atoms with Gasteiger partial charge < -0.3 is 10.3 Å². The molecule has 4 aromatic rings. The van der Waals surface area contributed by atoms with Crippen molar-refractivity contribution >= 4 is 50.7 Å². The second kappa shape index (κ2) is 9.29. The summed E-state index contributed by atoms with van der Waals surface area (Å²) >= 11 is 2.51. The van der Waals surface area contributed by atoms with E-state index < -0.39 is 5.25 Å². The average molecular weight is 482 g/mol. The molecular weight excluding hydrogens is 461 g/mol. The number of H-pyrrole nitrogens is 1. The highest BCUT2D eigenvalue weighted by molar-refractivity contribution is 8.00. The molecule has 1 atom stereocenters. The highest BCUT2D eigenvalue weighted by Gasteiger charge is 2.20. The number of Topliss-reactive ketones (excluding diaryl/α,β-unsaturated/α-hetero) is 1. The van der Waals surface area contributed by atoms with Crippen LogP contribution in [0.15, 0.2) is 58.5 Å². The van der Waals surface area contributed by atoms with Crippen molar-refractivity contribution in [3.05, 3.63) is 75.1 Å². The first-order valence-electron chi connectivity index (χ1n) is 10.1. The molecule has 2 heterocycles. The van der Waals surface area contributed by atoms with Crippen LogP contribution in [-0.2, 0) is 4.79 Å². The van der Waals surface area contributed by atoms with Gasteiger partial charge in [-0.15, -0.1) is 11.3 Å². The molecule has 0 fully saturated rings. The zero-order valence-corrected chi connectivity index (χ0v) is 19.7. The molecule has 0 unspecified atom stereocenters. The van der Waals surface area contributed by atoms with Crippen LogP contribution in [-0.4, -0.2) is 26.9 Å². The minimum absolute atomic E-state index is 0.0881. The van der Waals surface area contributed by atoms with Crippen LogP contribution in [0.1, 0.15) is 29.1 Å². The van der Waals surface area contributed by atoms with E-state index in [0.717, 1.165) is 27.8 Å². The summed E-state index contributed by atoms with van der Waals surface area (Å²) < 4.78 is 13.3. The van der Waals surface area contributed by atoms with Crippen molar-refractivity contribution in [1.82, 2.24) is 9.97 Å². The number of aromatic amines is 1. The molecule has 0 radical (unpaired) electrons. The van der Waals surface area contributed by atoms with Crippen LogP contribution in [0.2, 0.25) is 0 Å². The fourth-order valence-corrected chi connectivity index (χ4v) is 5.30. The molecular formula is C24H20FN3O3S2. The number of amides is 1. The lowest BCUT2D eigenvalue weighted by atomic mass is 10.0. The van der Waals surface area contributed by atoms with Crippen LogP contribution in [0.4, 0.5) is 10.1 Å². The Morgan fingerprint density at radius 1 is 1.18 bits per heavy atom. The largest absolute Gasteiger partial charge is 0.325 e. The summed E-state index contributed by atoms with van der Waals surface area (Å²) in [6.45, 7) is 5.07. The minimum Gasteiger partial charge on any atom is -0.325 e. The van der Waals surface area contributed by atoms with Gasteiger partial charge in [0.05, 0.1) is 10.6 Å². The van der Waals surface area contributed by atoms with E-state index in [2.05, 4.69) is 15.3 Å². The first-order valence-corrected chi connectivity index (χ1v) is 11.8. The molecule has 33 heavy (non-hydrogen) atoms. The Balaban J connectivity index is 1.57. The highest BCUT2D eigenvalue weighted by atomic mass is 32.2. The number of rotatable bonds is 6. The van der Waals surface area contributed by atoms with Gasteiger partial charge in [-0.25, -0.2) is 9.37 Å². The van der Waals surface area contributed by atoms with Crippen molar-refractivity contribution < 1.29 is 14.0 Å². The van der Waals surface area contributed by atoms with Gasteiger partial charge in [0.2, 0.25) is 5.91 Å². The summed E-state index contributed by atoms with van der Waals surface area (Å²) in [6, 6.07) is 12.7. The lowest BCUT2D eigenvalue weighted by Gasteiger charge is -2.12. The van der Waals surface area contributed by atoms with Gasteiger partial charge in [0, 0.05) is 21.7 Å². The number of anilines is 1. The normalized spacial score (nSPS) is 12.0. The summed E-state index contributed by atoms with van der Waals surface area (Å²) in [5.74, 6) is -0.713. The number of nitrogens with one attached hydrogen (secondary N) is 2. The number of benzene rings is 2. The Bertz CT molecular complexity index is 1430. The fourth-order valence-electron chi connectivity index (χ4n) is 3.40. The number of aryl methyl sites for hydroxylation is 1. The standard InChI is InChI=1S/C24H20FN3O3S2/c1-12(29)16-5-4-6-18(11-16)26-21(30)14(3)33-24-27-22(31)20-19(13(2)32-23(20)28-24)15-7-9-17(25)10-8-15/h4-11,14H,1-3H3,(H,26,30)(H,27,28,31)/t14-/m0/s1. The second-order valence-electron chi connectivity index (χ2n) is 7.48. The third-order valence-corrected chi connectivity index (χ3v) is 7.03. The molecule has 2 aromatic carbocycles. The first-order chi connectivity index (χ1) is 15.7. The quantitative estimate of drug-likeness (QED) is 0.218. The number of nitrogens with zero attached hydrogens (tertiary/aromatic N) is 1. The van der Waals surface area contributed by atoms with Crippen molar-refractivity contribution in [2.45, 2.75) is 31.2 Å². The van der Waals surface area contributed by atoms with Crippen LogP contribution in [0, 0.1) is 12.7 Å². The highest BCUT2D eigenvalue weighted by Crippen LogP contribution is 2.36. The molecule has 2 N–H and O–H groups in total. The summed E-state index contributed by atoms with van der Waals surface area (Å²) in [5.41, 5.74) is 2.20. The van der Waals surface area contributed by atoms with Crippen molar-refractivity contribution in [3.63, 3.8) is 0 Å². The second-order valence-corrected chi connectivity index (χ2v) is 10.0. The number of aromatic nitrogens is 2. The zero-order valence-electron chi connectivity index (χ0n) is 18.1. The maximum absolute atomic E-state index is 13.3. The van der Waals surface area contributed by atoms with Gasteiger partial charge in [0.1, 0.15) is 10.6 Å². The molecule has 0 aliphatic carbocycles. The van der Waals surface area contributed by atoms with Gasteiger partial charge in [-0.05, 0) is 50.6 Å². The maximum Gasteiger partial charge on any atom is 0.260 e. The third kappa shape index (κ3) is 4.89. The SMILES string of the molecule is CC(=O)c1cccc(NC(=O)[C@H](C)Sc2nc3sc(C)c(-c4ccc(F)cc4)c3c(=O)[nH]2)c1. The molecule has 168 valence electrons. The number of halogens is 1. The van der Waals surface area contributed by atoms with Gasteiger partial charge in [-0.3, -0.25) is 14.4 Å².